The lowest BCUT2D eigenvalue weighted by Gasteiger charge is -2.34. The van der Waals surface area contributed by atoms with E-state index in [-0.39, 0.29) is 18.1 Å². The summed E-state index contributed by atoms with van der Waals surface area (Å²) in [5.41, 5.74) is 0. The molecule has 1 fully saturated rings. The van der Waals surface area contributed by atoms with E-state index in [1.165, 1.54) is 0 Å². The van der Waals surface area contributed by atoms with E-state index in [9.17, 15) is 9.90 Å². The van der Waals surface area contributed by atoms with Gasteiger partial charge in [0.1, 0.15) is 0 Å². The molecule has 1 aliphatic rings. The molecule has 1 saturated heterocycles. The average Bonchev–Trinajstić information content (AvgIpc) is 3.05. The maximum absolute atomic E-state index is 12.0. The monoisotopic (exact) mass is 326 g/mol. The van der Waals surface area contributed by atoms with Gasteiger partial charge in [-0.1, -0.05) is 6.07 Å². The highest BCUT2D eigenvalue weighted by Crippen LogP contribution is 2.32. The Morgan fingerprint density at radius 2 is 2.23 bits per heavy atom. The van der Waals surface area contributed by atoms with Crippen LogP contribution in [0.2, 0.25) is 0 Å². The normalized spacial score (nSPS) is 17.7. The van der Waals surface area contributed by atoms with Crippen molar-refractivity contribution >= 4 is 17.4 Å². The third-order valence-corrected chi connectivity index (χ3v) is 4.88. The van der Waals surface area contributed by atoms with Crippen LogP contribution in [0.1, 0.15) is 37.7 Å². The number of thiophene rings is 1. The van der Waals surface area contributed by atoms with Crippen LogP contribution in [-0.4, -0.2) is 48.4 Å². The quantitative estimate of drug-likeness (QED) is 0.790. The van der Waals surface area contributed by atoms with Crippen molar-refractivity contribution in [3.63, 3.8) is 0 Å². The number of rotatable bonds is 6. The smallest absolute Gasteiger partial charge is 0.317 e. The van der Waals surface area contributed by atoms with Crippen LogP contribution < -0.4 is 5.32 Å². The highest BCUT2D eigenvalue weighted by molar-refractivity contribution is 7.10. The summed E-state index contributed by atoms with van der Waals surface area (Å²) in [5.74, 6) is 0.243. The van der Waals surface area contributed by atoms with Crippen molar-refractivity contribution < 1.29 is 14.6 Å². The average molecular weight is 326 g/mol. The molecular weight excluding hydrogens is 300 g/mol. The number of nitrogens with zero attached hydrogens (tertiary/aromatic N) is 1. The highest BCUT2D eigenvalue weighted by atomic mass is 32.1. The van der Waals surface area contributed by atoms with Gasteiger partial charge in [-0.25, -0.2) is 4.79 Å². The van der Waals surface area contributed by atoms with Crippen molar-refractivity contribution in [3.05, 3.63) is 22.4 Å². The molecule has 2 amide bonds. The third kappa shape index (κ3) is 4.97. The number of likely N-dealkylation sites (tertiary alicyclic amines) is 1. The molecule has 2 heterocycles. The molecule has 1 unspecified atom stereocenters. The molecule has 5 nitrogen and oxygen atoms in total. The first kappa shape index (κ1) is 17.2. The fraction of sp³-hybridized carbons (Fsp3) is 0.688. The first-order valence-corrected chi connectivity index (χ1v) is 8.81. The number of hydrogen-bond donors (Lipinski definition) is 2. The second kappa shape index (κ2) is 8.50. The standard InChI is InChI=1S/C16H26N2O3S/c1-12(2)21-10-7-17-16(20)18-8-5-13(6-9-18)15(19)14-4-3-11-22-14/h3-4,11-13,15,19H,5-10H2,1-2H3,(H,17,20). The zero-order valence-corrected chi connectivity index (χ0v) is 14.1. The van der Waals surface area contributed by atoms with Crippen LogP contribution in [0, 0.1) is 5.92 Å². The van der Waals surface area contributed by atoms with E-state index in [1.54, 1.807) is 11.3 Å². The van der Waals surface area contributed by atoms with Crippen LogP contribution in [-0.2, 0) is 4.74 Å². The predicted octanol–water partition coefficient (Wildman–Crippen LogP) is 2.63. The van der Waals surface area contributed by atoms with Crippen molar-refractivity contribution in [2.24, 2.45) is 5.92 Å². The molecule has 0 bridgehead atoms. The fourth-order valence-electron chi connectivity index (χ4n) is 2.67. The Hall–Kier alpha value is -1.11. The Bertz CT molecular complexity index is 442. The van der Waals surface area contributed by atoms with Gasteiger partial charge in [0.2, 0.25) is 0 Å². The van der Waals surface area contributed by atoms with Crippen molar-refractivity contribution in [3.8, 4) is 0 Å². The Morgan fingerprint density at radius 3 is 2.82 bits per heavy atom. The molecule has 22 heavy (non-hydrogen) atoms. The van der Waals surface area contributed by atoms with Crippen molar-refractivity contribution in [1.29, 1.82) is 0 Å². The van der Waals surface area contributed by atoms with Gasteiger partial charge in [-0.3, -0.25) is 0 Å². The first-order chi connectivity index (χ1) is 10.6. The molecule has 0 aliphatic carbocycles. The minimum Gasteiger partial charge on any atom is -0.387 e. The number of carbonyl (C=O) groups excluding carboxylic acids is 1. The van der Waals surface area contributed by atoms with E-state index in [2.05, 4.69) is 5.32 Å². The van der Waals surface area contributed by atoms with Gasteiger partial charge in [0.25, 0.3) is 0 Å². The minimum atomic E-state index is -0.398. The SMILES string of the molecule is CC(C)OCCNC(=O)N1CCC(C(O)c2cccs2)CC1. The zero-order valence-electron chi connectivity index (χ0n) is 13.3. The van der Waals surface area contributed by atoms with Crippen LogP contribution in [0.15, 0.2) is 17.5 Å². The minimum absolute atomic E-state index is 0.0311. The van der Waals surface area contributed by atoms with Crippen molar-refractivity contribution in [2.75, 3.05) is 26.2 Å². The molecule has 1 aromatic heterocycles. The zero-order chi connectivity index (χ0) is 15.9. The van der Waals surface area contributed by atoms with Gasteiger partial charge in [-0.05, 0) is 44.1 Å². The van der Waals surface area contributed by atoms with Gasteiger partial charge in [0.05, 0.1) is 18.8 Å². The molecule has 1 aromatic rings. The summed E-state index contributed by atoms with van der Waals surface area (Å²) >= 11 is 1.59. The van der Waals surface area contributed by atoms with E-state index in [4.69, 9.17) is 4.74 Å². The molecule has 0 radical (unpaired) electrons. The lowest BCUT2D eigenvalue weighted by molar-refractivity contribution is 0.0660. The molecule has 0 aromatic carbocycles. The van der Waals surface area contributed by atoms with Crippen LogP contribution in [0.3, 0.4) is 0 Å². The van der Waals surface area contributed by atoms with Gasteiger partial charge in [-0.2, -0.15) is 0 Å². The molecule has 2 N–H and O–H groups in total. The van der Waals surface area contributed by atoms with Gasteiger partial charge < -0.3 is 20.1 Å². The van der Waals surface area contributed by atoms with Crippen LogP contribution >= 0.6 is 11.3 Å². The van der Waals surface area contributed by atoms with Crippen molar-refractivity contribution in [2.45, 2.75) is 38.9 Å². The van der Waals surface area contributed by atoms with E-state index < -0.39 is 6.10 Å². The second-order valence-corrected chi connectivity index (χ2v) is 6.92. The number of amides is 2. The maximum Gasteiger partial charge on any atom is 0.317 e. The van der Waals surface area contributed by atoms with Crippen LogP contribution in [0.4, 0.5) is 4.79 Å². The molecule has 0 spiro atoms. The van der Waals surface area contributed by atoms with Gasteiger partial charge in [0.15, 0.2) is 0 Å². The fourth-order valence-corrected chi connectivity index (χ4v) is 3.48. The van der Waals surface area contributed by atoms with E-state index >= 15 is 0 Å². The van der Waals surface area contributed by atoms with Crippen LogP contribution in [0.25, 0.3) is 0 Å². The number of ether oxygens (including phenoxy) is 1. The lowest BCUT2D eigenvalue weighted by atomic mass is 9.90. The summed E-state index contributed by atoms with van der Waals surface area (Å²) < 4.78 is 5.40. The van der Waals surface area contributed by atoms with Gasteiger partial charge >= 0.3 is 6.03 Å². The Kier molecular flexibility index (Phi) is 6.67. The molecular formula is C16H26N2O3S. The number of aliphatic hydroxyl groups excluding tert-OH is 1. The Labute approximate surface area is 136 Å². The predicted molar refractivity (Wildman–Crippen MR) is 88.1 cm³/mol. The van der Waals surface area contributed by atoms with Gasteiger partial charge in [-0.15, -0.1) is 11.3 Å². The molecule has 1 aliphatic heterocycles. The molecule has 0 saturated carbocycles. The van der Waals surface area contributed by atoms with Gasteiger partial charge in [0, 0.05) is 24.5 Å². The Balaban J connectivity index is 1.69. The molecule has 2 rings (SSSR count). The molecule has 6 heteroatoms. The summed E-state index contributed by atoms with van der Waals surface area (Å²) in [4.78, 5) is 14.9. The van der Waals surface area contributed by atoms with Crippen LogP contribution in [0.5, 0.6) is 0 Å². The number of carbonyl (C=O) groups is 1. The molecule has 124 valence electrons. The maximum atomic E-state index is 12.0. The number of hydrogen-bond acceptors (Lipinski definition) is 4. The summed E-state index contributed by atoms with van der Waals surface area (Å²) in [6, 6.07) is 3.91. The number of urea groups is 1. The van der Waals surface area contributed by atoms with Crippen molar-refractivity contribution in [1.82, 2.24) is 10.2 Å². The van der Waals surface area contributed by atoms with E-state index in [1.807, 2.05) is 36.3 Å². The lowest BCUT2D eigenvalue weighted by Crippen LogP contribution is -2.46. The number of aliphatic hydroxyl groups is 1. The second-order valence-electron chi connectivity index (χ2n) is 5.94. The number of nitrogens with one attached hydrogen (secondary N) is 1. The summed E-state index contributed by atoms with van der Waals surface area (Å²) in [6.45, 7) is 6.43. The Morgan fingerprint density at radius 1 is 1.50 bits per heavy atom. The first-order valence-electron chi connectivity index (χ1n) is 7.93. The third-order valence-electron chi connectivity index (χ3n) is 3.94. The largest absolute Gasteiger partial charge is 0.387 e. The summed E-state index contributed by atoms with van der Waals surface area (Å²) in [7, 11) is 0. The number of piperidine rings is 1. The van der Waals surface area contributed by atoms with E-state index in [0.717, 1.165) is 17.7 Å². The topological polar surface area (TPSA) is 61.8 Å². The summed E-state index contributed by atoms with van der Waals surface area (Å²) in [5, 5.41) is 15.2. The molecule has 1 atom stereocenters. The summed E-state index contributed by atoms with van der Waals surface area (Å²) in [6.07, 6.45) is 1.47. The highest BCUT2D eigenvalue weighted by Gasteiger charge is 2.28. The van der Waals surface area contributed by atoms with E-state index in [0.29, 0.717) is 26.2 Å².